The minimum absolute atomic E-state index is 0.0446. The van der Waals surface area contributed by atoms with Crippen molar-refractivity contribution in [2.75, 3.05) is 11.5 Å². The third-order valence-corrected chi connectivity index (χ3v) is 6.76. The van der Waals surface area contributed by atoms with Crippen LogP contribution in [0.4, 0.5) is 0 Å². The van der Waals surface area contributed by atoms with E-state index in [1.54, 1.807) is 18.2 Å². The monoisotopic (exact) mass is 400 g/mol. The van der Waals surface area contributed by atoms with Crippen LogP contribution in [-0.2, 0) is 16.4 Å². The van der Waals surface area contributed by atoms with Gasteiger partial charge < -0.3 is 4.74 Å². The minimum atomic E-state index is -3.05. The number of fused-ring (bicyclic) bond motifs is 1. The highest BCUT2D eigenvalue weighted by atomic mass is 32.2. The zero-order valence-electron chi connectivity index (χ0n) is 15.1. The zero-order valence-corrected chi connectivity index (χ0v) is 15.9. The van der Waals surface area contributed by atoms with Gasteiger partial charge in [0, 0.05) is 6.04 Å². The van der Waals surface area contributed by atoms with E-state index in [0.717, 1.165) is 5.56 Å². The van der Waals surface area contributed by atoms with Gasteiger partial charge in [0.2, 0.25) is 0 Å². The lowest BCUT2D eigenvalue weighted by molar-refractivity contribution is 0.306. The molecule has 1 fully saturated rings. The van der Waals surface area contributed by atoms with Gasteiger partial charge >= 0.3 is 5.69 Å². The van der Waals surface area contributed by atoms with Crippen molar-refractivity contribution >= 4 is 20.7 Å². The van der Waals surface area contributed by atoms with Crippen LogP contribution in [0.25, 0.3) is 10.9 Å². The van der Waals surface area contributed by atoms with Crippen molar-refractivity contribution < 1.29 is 13.2 Å². The van der Waals surface area contributed by atoms with Gasteiger partial charge in [-0.15, -0.1) is 0 Å². The number of aromatic amines is 1. The maximum absolute atomic E-state index is 12.4. The minimum Gasteiger partial charge on any atom is -0.489 e. The van der Waals surface area contributed by atoms with Crippen molar-refractivity contribution in [3.63, 3.8) is 0 Å². The molecule has 0 radical (unpaired) electrons. The number of aromatic nitrogens is 2. The number of ether oxygens (including phenoxy) is 1. The third-order valence-electron chi connectivity index (χ3n) is 5.05. The van der Waals surface area contributed by atoms with Gasteiger partial charge in [0.25, 0.3) is 5.56 Å². The van der Waals surface area contributed by atoms with E-state index >= 15 is 0 Å². The van der Waals surface area contributed by atoms with Crippen molar-refractivity contribution in [3.8, 4) is 5.75 Å². The number of sulfone groups is 1. The molecule has 2 heterocycles. The SMILES string of the molecule is O=c1[nH]c(=O)n(C2CCS(=O)(=O)CC2)c2ccc(OCc3ccccc3)cc12. The van der Waals surface area contributed by atoms with E-state index in [1.165, 1.54) is 4.57 Å². The molecule has 0 spiro atoms. The number of hydrogen-bond acceptors (Lipinski definition) is 5. The molecule has 1 N–H and O–H groups in total. The Morgan fingerprint density at radius 3 is 2.46 bits per heavy atom. The average Bonchev–Trinajstić information content (AvgIpc) is 2.68. The summed E-state index contributed by atoms with van der Waals surface area (Å²) in [6.45, 7) is 0.365. The molecule has 0 bridgehead atoms. The van der Waals surface area contributed by atoms with Crippen molar-refractivity contribution in [2.45, 2.75) is 25.5 Å². The quantitative estimate of drug-likeness (QED) is 0.722. The molecule has 1 aliphatic heterocycles. The lowest BCUT2D eigenvalue weighted by Crippen LogP contribution is -2.36. The molecule has 0 unspecified atom stereocenters. The first-order valence-corrected chi connectivity index (χ1v) is 10.9. The van der Waals surface area contributed by atoms with E-state index in [0.29, 0.717) is 36.1 Å². The molecule has 8 heteroatoms. The average molecular weight is 400 g/mol. The van der Waals surface area contributed by atoms with Crippen LogP contribution in [0.3, 0.4) is 0 Å². The molecule has 0 amide bonds. The van der Waals surface area contributed by atoms with E-state index < -0.39 is 21.1 Å². The summed E-state index contributed by atoms with van der Waals surface area (Å²) in [5, 5.41) is 0.346. The predicted molar refractivity (Wildman–Crippen MR) is 107 cm³/mol. The molecular weight excluding hydrogens is 380 g/mol. The first-order chi connectivity index (χ1) is 13.4. The fourth-order valence-corrected chi connectivity index (χ4v) is 5.04. The van der Waals surface area contributed by atoms with Crippen LogP contribution in [0, 0.1) is 0 Å². The molecule has 0 atom stereocenters. The highest BCUT2D eigenvalue weighted by Crippen LogP contribution is 2.26. The molecule has 28 heavy (non-hydrogen) atoms. The summed E-state index contributed by atoms with van der Waals surface area (Å²) in [5.41, 5.74) is 0.500. The number of H-pyrrole nitrogens is 1. The molecule has 0 saturated carbocycles. The van der Waals surface area contributed by atoms with E-state index in [-0.39, 0.29) is 17.5 Å². The summed E-state index contributed by atoms with van der Waals surface area (Å²) < 4.78 is 30.7. The van der Waals surface area contributed by atoms with Gasteiger partial charge in [-0.1, -0.05) is 30.3 Å². The molecular formula is C20H20N2O5S. The first kappa shape index (κ1) is 18.5. The van der Waals surface area contributed by atoms with Gasteiger partial charge in [-0.3, -0.25) is 14.3 Å². The summed E-state index contributed by atoms with van der Waals surface area (Å²) in [6.07, 6.45) is 0.714. The van der Waals surface area contributed by atoms with Crippen LogP contribution < -0.4 is 16.0 Å². The Kier molecular flexibility index (Phi) is 4.80. The Bertz CT molecular complexity index is 1210. The second kappa shape index (κ2) is 7.27. The molecule has 1 aromatic heterocycles. The van der Waals surface area contributed by atoms with Gasteiger partial charge in [0.1, 0.15) is 22.2 Å². The van der Waals surface area contributed by atoms with Gasteiger partial charge in [-0.25, -0.2) is 13.2 Å². The lowest BCUT2D eigenvalue weighted by atomic mass is 10.1. The van der Waals surface area contributed by atoms with Crippen LogP contribution in [-0.4, -0.2) is 29.5 Å². The first-order valence-electron chi connectivity index (χ1n) is 9.09. The molecule has 3 aromatic rings. The molecule has 0 aliphatic carbocycles. The Balaban J connectivity index is 1.68. The Morgan fingerprint density at radius 2 is 1.75 bits per heavy atom. The maximum Gasteiger partial charge on any atom is 0.329 e. The van der Waals surface area contributed by atoms with E-state index in [9.17, 15) is 18.0 Å². The van der Waals surface area contributed by atoms with Crippen molar-refractivity contribution in [2.24, 2.45) is 0 Å². The number of nitrogens with zero attached hydrogens (tertiary/aromatic N) is 1. The van der Waals surface area contributed by atoms with Crippen LogP contribution in [0.2, 0.25) is 0 Å². The van der Waals surface area contributed by atoms with Crippen LogP contribution in [0.1, 0.15) is 24.4 Å². The van der Waals surface area contributed by atoms with E-state index in [1.807, 2.05) is 30.3 Å². The Morgan fingerprint density at radius 1 is 1.04 bits per heavy atom. The largest absolute Gasteiger partial charge is 0.489 e. The molecule has 4 rings (SSSR count). The van der Waals surface area contributed by atoms with Crippen molar-refractivity contribution in [1.29, 1.82) is 0 Å². The van der Waals surface area contributed by atoms with Crippen molar-refractivity contribution in [1.82, 2.24) is 9.55 Å². The smallest absolute Gasteiger partial charge is 0.329 e. The van der Waals surface area contributed by atoms with Crippen LogP contribution >= 0.6 is 0 Å². The summed E-state index contributed by atoms with van der Waals surface area (Å²) >= 11 is 0. The number of benzene rings is 2. The third kappa shape index (κ3) is 3.73. The normalized spacial score (nSPS) is 16.9. The fourth-order valence-electron chi connectivity index (χ4n) is 3.57. The van der Waals surface area contributed by atoms with Crippen LogP contribution in [0.15, 0.2) is 58.1 Å². The Hall–Kier alpha value is -2.87. The van der Waals surface area contributed by atoms with Gasteiger partial charge in [0.15, 0.2) is 0 Å². The van der Waals surface area contributed by atoms with E-state index in [2.05, 4.69) is 4.98 Å². The van der Waals surface area contributed by atoms with Gasteiger partial charge in [0.05, 0.1) is 22.4 Å². The number of nitrogens with one attached hydrogen (secondary N) is 1. The standard InChI is InChI=1S/C20H20N2O5S/c23-19-17-12-16(27-13-14-4-2-1-3-5-14)6-7-18(17)22(20(24)21-19)15-8-10-28(25,26)11-9-15/h1-7,12,15H,8-11,13H2,(H,21,23,24). The topological polar surface area (TPSA) is 98.2 Å². The van der Waals surface area contributed by atoms with Gasteiger partial charge in [-0.05, 0) is 36.6 Å². The highest BCUT2D eigenvalue weighted by Gasteiger charge is 2.26. The van der Waals surface area contributed by atoms with E-state index in [4.69, 9.17) is 4.74 Å². The van der Waals surface area contributed by atoms with Crippen LogP contribution in [0.5, 0.6) is 5.75 Å². The lowest BCUT2D eigenvalue weighted by Gasteiger charge is -2.25. The van der Waals surface area contributed by atoms with Gasteiger partial charge in [-0.2, -0.15) is 0 Å². The zero-order chi connectivity index (χ0) is 19.7. The highest BCUT2D eigenvalue weighted by molar-refractivity contribution is 7.91. The summed E-state index contributed by atoms with van der Waals surface area (Å²) in [4.78, 5) is 27.1. The molecule has 7 nitrogen and oxygen atoms in total. The maximum atomic E-state index is 12.4. The fraction of sp³-hybridized carbons (Fsp3) is 0.300. The molecule has 2 aromatic carbocycles. The Labute approximate surface area is 161 Å². The molecule has 1 saturated heterocycles. The summed E-state index contributed by atoms with van der Waals surface area (Å²) in [6, 6.07) is 14.4. The second-order valence-corrected chi connectivity index (χ2v) is 9.27. The summed E-state index contributed by atoms with van der Waals surface area (Å²) in [5.74, 6) is 0.615. The predicted octanol–water partition coefficient (Wildman–Crippen LogP) is 2.02. The second-order valence-electron chi connectivity index (χ2n) is 6.97. The molecule has 1 aliphatic rings. The molecule has 146 valence electrons. The number of rotatable bonds is 4. The van der Waals surface area contributed by atoms with Crippen molar-refractivity contribution in [3.05, 3.63) is 74.9 Å². The summed E-state index contributed by atoms with van der Waals surface area (Å²) in [7, 11) is -3.05. The number of hydrogen-bond donors (Lipinski definition) is 1.